The molecule has 0 bridgehead atoms. The van der Waals surface area contributed by atoms with E-state index in [1.165, 1.54) is 30.1 Å². The molecule has 0 unspecified atom stereocenters. The number of hydrogen-bond donors (Lipinski definition) is 8. The van der Waals surface area contributed by atoms with Gasteiger partial charge in [0.15, 0.2) is 0 Å². The number of thiophene rings is 1. The van der Waals surface area contributed by atoms with Crippen LogP contribution in [-0.2, 0) is 57.6 Å². The van der Waals surface area contributed by atoms with Crippen LogP contribution in [0.4, 0.5) is 0 Å². The van der Waals surface area contributed by atoms with E-state index in [1.807, 2.05) is 66.7 Å². The molecule has 10 N–H and O–H groups in total. The molecular weight excluding hydrogens is 911 g/mol. The summed E-state index contributed by atoms with van der Waals surface area (Å²) < 4.78 is 1.00. The standard InChI is InChI=1S/C52H67N9O8S/c1-32(55-33(2)62)47(64)58-41(28-35-17-8-4-9-18-35)48(65)56-39(22-14-25-53)52(69)61-26-24-44(61)51(68)60-42(29-36-19-10-5-11-20-36)49(66)59-43(31-38-30-37-21-12-13-23-45(37)70-38)50(67)57-40(46(54)63)27-34-15-6-3-7-16-34/h3-4,6-9,12-13,15-18,21,23,30,32,36,39-44H,5,10-11,14,19-20,22,24-29,31,53H2,1-2H3,(H2,54,63)(H,55,62)(H,56,65)(H,57,67)(H,58,64)(H,59,66)(H,60,68)/t32-,39-,40-,41-,42+,43-,44-/m0/s1. The highest BCUT2D eigenvalue weighted by molar-refractivity contribution is 7.19. The number of fused-ring (bicyclic) bond motifs is 1. The first kappa shape index (κ1) is 52.7. The number of benzene rings is 3. The summed E-state index contributed by atoms with van der Waals surface area (Å²) in [6.07, 6.45) is 6.19. The molecule has 2 heterocycles. The molecule has 18 heteroatoms. The minimum atomic E-state index is -1.15. The Bertz CT molecular complexity index is 2410. The number of likely N-dealkylation sites (tertiary alicyclic amines) is 1. The number of nitrogens with zero attached hydrogens (tertiary/aromatic N) is 1. The average molecular weight is 978 g/mol. The molecule has 1 aromatic heterocycles. The van der Waals surface area contributed by atoms with Gasteiger partial charge in [-0.05, 0) is 73.7 Å². The fourth-order valence-corrected chi connectivity index (χ4v) is 10.2. The first-order valence-electron chi connectivity index (χ1n) is 24.3. The van der Waals surface area contributed by atoms with Crippen LogP contribution in [0.3, 0.4) is 0 Å². The van der Waals surface area contributed by atoms with Gasteiger partial charge < -0.3 is 48.3 Å². The SMILES string of the molecule is CC(=O)N[C@@H](C)C(=O)N[C@@H](Cc1ccccc1)C(=O)N[C@@H](CCCN)C(=O)N1CC[C@H]1C(=O)N[C@H](CC1CCCCC1)C(=O)N[C@@H](Cc1cc2ccccc2s1)C(=O)N[C@@H](Cc1ccccc1)C(N)=O. The van der Waals surface area contributed by atoms with Crippen LogP contribution in [0.5, 0.6) is 0 Å². The minimum Gasteiger partial charge on any atom is -0.368 e. The van der Waals surface area contributed by atoms with Gasteiger partial charge in [0.25, 0.3) is 0 Å². The molecule has 2 aliphatic rings. The van der Waals surface area contributed by atoms with Crippen molar-refractivity contribution in [1.82, 2.24) is 36.8 Å². The van der Waals surface area contributed by atoms with E-state index >= 15 is 0 Å². The Hall–Kier alpha value is -6.66. The second kappa shape index (κ2) is 25.8. The molecule has 4 aromatic rings. The van der Waals surface area contributed by atoms with E-state index < -0.39 is 89.6 Å². The van der Waals surface area contributed by atoms with E-state index in [0.29, 0.717) is 19.3 Å². The number of rotatable bonds is 24. The van der Waals surface area contributed by atoms with Crippen molar-refractivity contribution < 1.29 is 38.4 Å². The fraction of sp³-hybridized carbons (Fsp3) is 0.462. The lowest BCUT2D eigenvalue weighted by Crippen LogP contribution is -2.65. The Balaban J connectivity index is 1.19. The summed E-state index contributed by atoms with van der Waals surface area (Å²) in [6, 6.07) is 20.5. The maximum atomic E-state index is 14.6. The Morgan fingerprint density at radius 2 is 1.20 bits per heavy atom. The van der Waals surface area contributed by atoms with Gasteiger partial charge in [-0.25, -0.2) is 0 Å². The molecule has 0 spiro atoms. The van der Waals surface area contributed by atoms with E-state index in [2.05, 4.69) is 31.9 Å². The van der Waals surface area contributed by atoms with Crippen molar-refractivity contribution >= 4 is 68.7 Å². The molecule has 8 amide bonds. The van der Waals surface area contributed by atoms with Crippen LogP contribution in [0, 0.1) is 5.92 Å². The number of carbonyl (C=O) groups excluding carboxylic acids is 8. The third-order valence-corrected chi connectivity index (χ3v) is 14.2. The molecular formula is C52H67N9O8S. The van der Waals surface area contributed by atoms with Crippen LogP contribution < -0.4 is 43.4 Å². The molecule has 1 saturated heterocycles. The predicted octanol–water partition coefficient (Wildman–Crippen LogP) is 2.67. The quantitative estimate of drug-likeness (QED) is 0.0513. The summed E-state index contributed by atoms with van der Waals surface area (Å²) in [5.41, 5.74) is 13.2. The molecule has 3 aromatic carbocycles. The second-order valence-corrected chi connectivity index (χ2v) is 19.6. The van der Waals surface area contributed by atoms with Crippen molar-refractivity contribution in [3.05, 3.63) is 107 Å². The highest BCUT2D eigenvalue weighted by Gasteiger charge is 2.43. The highest BCUT2D eigenvalue weighted by Crippen LogP contribution is 2.29. The Morgan fingerprint density at radius 3 is 1.79 bits per heavy atom. The highest BCUT2D eigenvalue weighted by atomic mass is 32.1. The minimum absolute atomic E-state index is 0.0915. The summed E-state index contributed by atoms with van der Waals surface area (Å²) >= 11 is 1.48. The lowest BCUT2D eigenvalue weighted by atomic mass is 9.84. The van der Waals surface area contributed by atoms with Crippen LogP contribution in [0.25, 0.3) is 10.1 Å². The lowest BCUT2D eigenvalue weighted by molar-refractivity contribution is -0.151. The molecule has 374 valence electrons. The third kappa shape index (κ3) is 15.2. The topological polar surface area (TPSA) is 264 Å². The van der Waals surface area contributed by atoms with Crippen LogP contribution in [0.1, 0.15) is 87.6 Å². The average Bonchev–Trinajstić information content (AvgIpc) is 3.74. The van der Waals surface area contributed by atoms with Crippen molar-refractivity contribution in [2.45, 2.75) is 133 Å². The second-order valence-electron chi connectivity index (χ2n) is 18.5. The molecule has 1 aliphatic carbocycles. The molecule has 17 nitrogen and oxygen atoms in total. The van der Waals surface area contributed by atoms with Crippen molar-refractivity contribution in [3.63, 3.8) is 0 Å². The van der Waals surface area contributed by atoms with E-state index in [1.54, 1.807) is 24.3 Å². The zero-order chi connectivity index (χ0) is 50.2. The Labute approximate surface area is 413 Å². The number of primary amides is 1. The van der Waals surface area contributed by atoms with Crippen molar-refractivity contribution in [1.29, 1.82) is 0 Å². The van der Waals surface area contributed by atoms with Gasteiger partial charge in [-0.15, -0.1) is 11.3 Å². The van der Waals surface area contributed by atoms with Crippen molar-refractivity contribution in [3.8, 4) is 0 Å². The number of nitrogens with two attached hydrogens (primary N) is 2. The molecule has 6 rings (SSSR count). The van der Waals surface area contributed by atoms with E-state index in [9.17, 15) is 38.4 Å². The van der Waals surface area contributed by atoms with Gasteiger partial charge in [-0.3, -0.25) is 38.4 Å². The molecule has 70 heavy (non-hydrogen) atoms. The smallest absolute Gasteiger partial charge is 0.245 e. The van der Waals surface area contributed by atoms with E-state index in [0.717, 1.165) is 58.2 Å². The van der Waals surface area contributed by atoms with Crippen LogP contribution in [0.15, 0.2) is 91.0 Å². The van der Waals surface area contributed by atoms with E-state index in [4.69, 9.17) is 11.5 Å². The summed E-state index contributed by atoms with van der Waals surface area (Å²) in [4.78, 5) is 111. The Morgan fingerprint density at radius 1 is 0.643 bits per heavy atom. The number of carbonyl (C=O) groups is 8. The fourth-order valence-electron chi connectivity index (χ4n) is 9.12. The van der Waals surface area contributed by atoms with Gasteiger partial charge in [0.1, 0.15) is 42.3 Å². The van der Waals surface area contributed by atoms with Gasteiger partial charge in [-0.2, -0.15) is 0 Å². The van der Waals surface area contributed by atoms with Gasteiger partial charge in [0, 0.05) is 42.3 Å². The van der Waals surface area contributed by atoms with Gasteiger partial charge in [0.05, 0.1) is 0 Å². The van der Waals surface area contributed by atoms with E-state index in [-0.39, 0.29) is 44.7 Å². The predicted molar refractivity (Wildman–Crippen MR) is 268 cm³/mol. The third-order valence-electron chi connectivity index (χ3n) is 13.0. The summed E-state index contributed by atoms with van der Waals surface area (Å²) in [5.74, 6) is -4.52. The van der Waals surface area contributed by atoms with Crippen LogP contribution in [0.2, 0.25) is 0 Å². The first-order valence-corrected chi connectivity index (χ1v) is 25.1. The largest absolute Gasteiger partial charge is 0.368 e. The maximum Gasteiger partial charge on any atom is 0.245 e. The molecule has 2 fully saturated rings. The zero-order valence-electron chi connectivity index (χ0n) is 40.0. The number of hydrogen-bond acceptors (Lipinski definition) is 10. The Kier molecular flexibility index (Phi) is 19.4. The van der Waals surface area contributed by atoms with Crippen LogP contribution in [-0.4, -0.2) is 108 Å². The lowest BCUT2D eigenvalue weighted by Gasteiger charge is -2.42. The van der Waals surface area contributed by atoms with Crippen molar-refractivity contribution in [2.75, 3.05) is 13.1 Å². The van der Waals surface area contributed by atoms with Gasteiger partial charge in [0.2, 0.25) is 47.3 Å². The maximum absolute atomic E-state index is 14.6. The number of amides is 8. The summed E-state index contributed by atoms with van der Waals surface area (Å²) in [6.45, 7) is 3.21. The molecule has 0 radical (unpaired) electrons. The number of nitrogens with one attached hydrogen (secondary N) is 6. The van der Waals surface area contributed by atoms with Crippen molar-refractivity contribution in [2.24, 2.45) is 17.4 Å². The van der Waals surface area contributed by atoms with Gasteiger partial charge in [-0.1, -0.05) is 111 Å². The summed E-state index contributed by atoms with van der Waals surface area (Å²) in [7, 11) is 0. The summed E-state index contributed by atoms with van der Waals surface area (Å²) in [5, 5.41) is 17.7. The zero-order valence-corrected chi connectivity index (χ0v) is 40.8. The molecule has 1 aliphatic heterocycles. The molecule has 7 atom stereocenters. The molecule has 1 saturated carbocycles. The van der Waals surface area contributed by atoms with Crippen LogP contribution >= 0.6 is 11.3 Å². The monoisotopic (exact) mass is 977 g/mol. The normalized spacial score (nSPS) is 17.3. The van der Waals surface area contributed by atoms with Gasteiger partial charge >= 0.3 is 0 Å². The first-order chi connectivity index (χ1) is 33.7.